The van der Waals surface area contributed by atoms with Gasteiger partial charge in [-0.15, -0.1) is 0 Å². The first kappa shape index (κ1) is 30.2. The average Bonchev–Trinajstić information content (AvgIpc) is 2.92. The number of anilines is 3. The number of urea groups is 1. The molecule has 222 valence electrons. The van der Waals surface area contributed by atoms with Crippen LogP contribution in [0, 0.1) is 0 Å². The van der Waals surface area contributed by atoms with E-state index in [9.17, 15) is 39.2 Å². The summed E-state index contributed by atoms with van der Waals surface area (Å²) in [6.07, 6.45) is 0. The van der Waals surface area contributed by atoms with Gasteiger partial charge < -0.3 is 19.7 Å². The van der Waals surface area contributed by atoms with Crippen LogP contribution in [0.5, 0.6) is 0 Å². The van der Waals surface area contributed by atoms with Gasteiger partial charge >= 0.3 is 6.03 Å². The number of halogens is 1. The van der Waals surface area contributed by atoms with Crippen LogP contribution in [0.15, 0.2) is 106 Å². The zero-order chi connectivity index (χ0) is 31.2. The molecule has 5 aromatic carbocycles. The summed E-state index contributed by atoms with van der Waals surface area (Å²) in [4.78, 5) is 11.3. The lowest BCUT2D eigenvalue weighted by Crippen LogP contribution is -2.19. The number of nitrogens with one attached hydrogen (secondary N) is 3. The molecular weight excluding hydrogens is 642 g/mol. The Morgan fingerprint density at radius 1 is 0.558 bits per heavy atom. The Bertz CT molecular complexity index is 2280. The third-order valence-corrected chi connectivity index (χ3v) is 9.72. The predicted molar refractivity (Wildman–Crippen MR) is 159 cm³/mol. The molecule has 5 rings (SSSR count). The summed E-state index contributed by atoms with van der Waals surface area (Å²) in [5.74, 6) is 0. The highest BCUT2D eigenvalue weighted by Gasteiger charge is 2.17. The van der Waals surface area contributed by atoms with Crippen LogP contribution in [-0.4, -0.2) is 40.4 Å². The topological polar surface area (TPSA) is 202 Å². The number of amides is 2. The Kier molecular flexibility index (Phi) is 7.81. The molecule has 16 heteroatoms. The first-order chi connectivity index (χ1) is 20.1. The van der Waals surface area contributed by atoms with E-state index in [0.717, 1.165) is 12.1 Å². The minimum Gasteiger partial charge on any atom is -0.744 e. The molecule has 0 aliphatic heterocycles. The lowest BCUT2D eigenvalue weighted by atomic mass is 10.1. The zero-order valence-corrected chi connectivity index (χ0v) is 24.6. The molecule has 0 fully saturated rings. The van der Waals surface area contributed by atoms with E-state index < -0.39 is 46.1 Å². The first-order valence-electron chi connectivity index (χ1n) is 12.0. The van der Waals surface area contributed by atoms with Gasteiger partial charge in [0.25, 0.3) is 10.0 Å². The van der Waals surface area contributed by atoms with Crippen LogP contribution < -0.4 is 15.4 Å². The SMILES string of the molecule is O=C(Nc1ccc2ccc(S(=O)(=O)[O-])cc2c1)Nc1ccc2ccc(S(=O)(=O)Nc3ccc(Cl)c(S(=O)(=O)[O-])c3)cc2c1. The standard InChI is InChI=1S/C27H20ClN3O9S3/c28-25-10-7-22(15-26(25)43(38,39)40)31-41(33,34)23-8-3-16-1-5-20(11-18(16)13-23)29-27(32)30-21-6-2-17-4-9-24(42(35,36)37)14-19(17)12-21/h1-15,31H,(H2,29,30,32)(H,35,36,37)(H,38,39,40)/p-2. The fourth-order valence-electron chi connectivity index (χ4n) is 4.19. The van der Waals surface area contributed by atoms with E-state index in [4.69, 9.17) is 11.6 Å². The van der Waals surface area contributed by atoms with E-state index in [1.807, 2.05) is 0 Å². The van der Waals surface area contributed by atoms with Crippen molar-refractivity contribution in [2.75, 3.05) is 15.4 Å². The molecule has 12 nitrogen and oxygen atoms in total. The van der Waals surface area contributed by atoms with Crippen molar-refractivity contribution in [1.29, 1.82) is 0 Å². The van der Waals surface area contributed by atoms with E-state index in [1.54, 1.807) is 24.3 Å². The van der Waals surface area contributed by atoms with E-state index >= 15 is 0 Å². The van der Waals surface area contributed by atoms with E-state index in [1.165, 1.54) is 54.6 Å². The van der Waals surface area contributed by atoms with Crippen molar-refractivity contribution in [2.24, 2.45) is 0 Å². The van der Waals surface area contributed by atoms with Crippen LogP contribution in [0.4, 0.5) is 21.9 Å². The molecule has 0 saturated heterocycles. The summed E-state index contributed by atoms with van der Waals surface area (Å²) in [5.41, 5.74) is 0.447. The average molecular weight is 660 g/mol. The van der Waals surface area contributed by atoms with Crippen LogP contribution >= 0.6 is 11.6 Å². The van der Waals surface area contributed by atoms with Crippen molar-refractivity contribution in [2.45, 2.75) is 14.7 Å². The van der Waals surface area contributed by atoms with Crippen LogP contribution in [0.3, 0.4) is 0 Å². The highest BCUT2D eigenvalue weighted by Crippen LogP contribution is 2.28. The van der Waals surface area contributed by atoms with Crippen LogP contribution in [0.2, 0.25) is 5.02 Å². The Morgan fingerprint density at radius 2 is 1.05 bits per heavy atom. The number of carbonyl (C=O) groups is 1. The fraction of sp³-hybridized carbons (Fsp3) is 0. The summed E-state index contributed by atoms with van der Waals surface area (Å²) < 4.78 is 96.5. The highest BCUT2D eigenvalue weighted by atomic mass is 35.5. The Morgan fingerprint density at radius 3 is 1.58 bits per heavy atom. The molecule has 0 atom stereocenters. The number of hydrogen-bond donors (Lipinski definition) is 3. The van der Waals surface area contributed by atoms with Gasteiger partial charge in [0.15, 0.2) is 0 Å². The summed E-state index contributed by atoms with van der Waals surface area (Å²) in [7, 11) is -13.8. The Balaban J connectivity index is 1.35. The molecule has 0 bridgehead atoms. The third kappa shape index (κ3) is 6.88. The van der Waals surface area contributed by atoms with Gasteiger partial charge in [0.2, 0.25) is 0 Å². The molecule has 0 unspecified atom stereocenters. The third-order valence-electron chi connectivity index (χ3n) is 6.19. The molecule has 0 saturated carbocycles. The fourth-order valence-corrected chi connectivity index (χ4v) is 6.76. The number of carbonyl (C=O) groups excluding carboxylic acids is 1. The van der Waals surface area contributed by atoms with Crippen molar-refractivity contribution in [1.82, 2.24) is 0 Å². The van der Waals surface area contributed by atoms with E-state index in [0.29, 0.717) is 32.9 Å². The van der Waals surface area contributed by atoms with Gasteiger partial charge in [-0.25, -0.2) is 30.0 Å². The Labute approximate surface area is 250 Å². The predicted octanol–water partition coefficient (Wildman–Crippen LogP) is 4.90. The minimum absolute atomic E-state index is 0.182. The van der Waals surface area contributed by atoms with E-state index in [-0.39, 0.29) is 15.6 Å². The monoisotopic (exact) mass is 659 g/mol. The lowest BCUT2D eigenvalue weighted by molar-refractivity contribution is 0.262. The number of sulfonamides is 1. The lowest BCUT2D eigenvalue weighted by Gasteiger charge is -2.13. The largest absolute Gasteiger partial charge is 0.744 e. The van der Waals surface area contributed by atoms with Crippen LogP contribution in [0.25, 0.3) is 21.5 Å². The molecule has 5 aromatic rings. The van der Waals surface area contributed by atoms with Gasteiger partial charge in [-0.1, -0.05) is 35.9 Å². The number of benzene rings is 5. The smallest absolute Gasteiger partial charge is 0.323 e. The molecule has 0 radical (unpaired) electrons. The second kappa shape index (κ2) is 11.1. The van der Waals surface area contributed by atoms with Gasteiger partial charge in [0.05, 0.1) is 25.4 Å². The number of rotatable bonds is 7. The summed E-state index contributed by atoms with van der Waals surface area (Å²) in [5, 5.41) is 7.06. The molecule has 0 aliphatic carbocycles. The Hall–Kier alpha value is -4.25. The second-order valence-corrected chi connectivity index (χ2v) is 14.0. The first-order valence-corrected chi connectivity index (χ1v) is 16.7. The van der Waals surface area contributed by atoms with Crippen molar-refractivity contribution >= 4 is 86.5 Å². The molecule has 0 aromatic heterocycles. The van der Waals surface area contributed by atoms with Gasteiger partial charge in [-0.3, -0.25) is 4.72 Å². The molecular formula is C27H18ClN3O9S3-2. The molecule has 2 amide bonds. The van der Waals surface area contributed by atoms with Gasteiger partial charge in [0.1, 0.15) is 20.2 Å². The molecule has 0 heterocycles. The molecule has 43 heavy (non-hydrogen) atoms. The van der Waals surface area contributed by atoms with Gasteiger partial charge in [-0.05, 0) is 88.3 Å². The van der Waals surface area contributed by atoms with Gasteiger partial charge in [0, 0.05) is 11.4 Å². The van der Waals surface area contributed by atoms with Gasteiger partial charge in [-0.2, -0.15) is 0 Å². The summed E-state index contributed by atoms with van der Waals surface area (Å²) in [6, 6.07) is 20.1. The van der Waals surface area contributed by atoms with Crippen LogP contribution in [0.1, 0.15) is 0 Å². The quantitative estimate of drug-likeness (QED) is 0.203. The normalized spacial score (nSPS) is 12.3. The minimum atomic E-state index is -4.95. The molecule has 3 N–H and O–H groups in total. The van der Waals surface area contributed by atoms with Crippen molar-refractivity contribution < 1.29 is 39.2 Å². The van der Waals surface area contributed by atoms with E-state index in [2.05, 4.69) is 15.4 Å². The second-order valence-electron chi connectivity index (χ2n) is 9.19. The number of fused-ring (bicyclic) bond motifs is 2. The van der Waals surface area contributed by atoms with Crippen LogP contribution in [-0.2, 0) is 30.3 Å². The highest BCUT2D eigenvalue weighted by molar-refractivity contribution is 7.92. The zero-order valence-electron chi connectivity index (χ0n) is 21.4. The maximum atomic E-state index is 13.0. The van der Waals surface area contributed by atoms with Crippen molar-refractivity contribution in [3.05, 3.63) is 96.0 Å². The van der Waals surface area contributed by atoms with Crippen molar-refractivity contribution in [3.8, 4) is 0 Å². The van der Waals surface area contributed by atoms with Crippen molar-refractivity contribution in [3.63, 3.8) is 0 Å². The number of hydrogen-bond acceptors (Lipinski definition) is 9. The summed E-state index contributed by atoms with van der Waals surface area (Å²) in [6.45, 7) is 0. The molecule has 0 aliphatic rings. The maximum Gasteiger partial charge on any atom is 0.323 e. The summed E-state index contributed by atoms with van der Waals surface area (Å²) >= 11 is 5.75. The molecule has 0 spiro atoms. The maximum absolute atomic E-state index is 13.0.